The van der Waals surface area contributed by atoms with Crippen molar-refractivity contribution in [3.63, 3.8) is 0 Å². The van der Waals surface area contributed by atoms with Gasteiger partial charge in [0, 0.05) is 0 Å². The molecule has 2 rings (SSSR count). The van der Waals surface area contributed by atoms with Gasteiger partial charge in [-0.05, 0) is 61.2 Å². The van der Waals surface area contributed by atoms with E-state index in [2.05, 4.69) is 27.7 Å². The topological polar surface area (TPSA) is 20.2 Å². The molecule has 2 saturated carbocycles. The van der Waals surface area contributed by atoms with E-state index in [9.17, 15) is 5.11 Å². The summed E-state index contributed by atoms with van der Waals surface area (Å²) in [6.07, 6.45) is 9.02. The second-order valence-corrected chi connectivity index (χ2v) is 7.50. The van der Waals surface area contributed by atoms with Crippen molar-refractivity contribution in [3.05, 3.63) is 0 Å². The zero-order chi connectivity index (χ0) is 12.7. The van der Waals surface area contributed by atoms with E-state index in [1.165, 1.54) is 38.5 Å². The summed E-state index contributed by atoms with van der Waals surface area (Å²) in [7, 11) is 0. The molecule has 0 aliphatic heterocycles. The molecule has 100 valence electrons. The number of fused-ring (bicyclic) bond motifs is 1. The van der Waals surface area contributed by atoms with Gasteiger partial charge in [-0.2, -0.15) is 0 Å². The molecule has 0 amide bonds. The lowest BCUT2D eigenvalue weighted by Crippen LogP contribution is -2.48. The monoisotopic (exact) mass is 238 g/mol. The molecule has 1 N–H and O–H groups in total. The highest BCUT2D eigenvalue weighted by Gasteiger charge is 2.50. The SMILES string of the molecule is CCCC1(C)CCC2C(C)C(O)CCC2(C)C1. The van der Waals surface area contributed by atoms with E-state index in [4.69, 9.17) is 0 Å². The minimum atomic E-state index is -0.0383. The van der Waals surface area contributed by atoms with E-state index < -0.39 is 0 Å². The summed E-state index contributed by atoms with van der Waals surface area (Å²) in [5.41, 5.74) is 1.07. The Kier molecular flexibility index (Phi) is 3.60. The predicted molar refractivity (Wildman–Crippen MR) is 72.9 cm³/mol. The van der Waals surface area contributed by atoms with E-state index in [1.54, 1.807) is 0 Å². The van der Waals surface area contributed by atoms with Gasteiger partial charge in [-0.15, -0.1) is 0 Å². The fourth-order valence-electron chi connectivity index (χ4n) is 5.04. The van der Waals surface area contributed by atoms with E-state index in [0.717, 1.165) is 12.3 Å². The van der Waals surface area contributed by atoms with Gasteiger partial charge in [0.15, 0.2) is 0 Å². The van der Waals surface area contributed by atoms with Crippen LogP contribution in [0.2, 0.25) is 0 Å². The molecule has 0 aromatic rings. The van der Waals surface area contributed by atoms with Crippen LogP contribution < -0.4 is 0 Å². The van der Waals surface area contributed by atoms with E-state index in [0.29, 0.717) is 16.7 Å². The molecule has 2 aliphatic rings. The quantitative estimate of drug-likeness (QED) is 0.756. The van der Waals surface area contributed by atoms with Crippen LogP contribution in [0, 0.1) is 22.7 Å². The molecular weight excluding hydrogens is 208 g/mol. The Morgan fingerprint density at radius 1 is 1.18 bits per heavy atom. The van der Waals surface area contributed by atoms with Gasteiger partial charge in [0.25, 0.3) is 0 Å². The van der Waals surface area contributed by atoms with Gasteiger partial charge in [-0.1, -0.05) is 34.1 Å². The summed E-state index contributed by atoms with van der Waals surface area (Å²) in [6.45, 7) is 9.57. The highest BCUT2D eigenvalue weighted by atomic mass is 16.3. The first-order chi connectivity index (χ1) is 7.90. The Hall–Kier alpha value is -0.0400. The van der Waals surface area contributed by atoms with Crippen LogP contribution in [0.15, 0.2) is 0 Å². The summed E-state index contributed by atoms with van der Waals surface area (Å²) >= 11 is 0. The van der Waals surface area contributed by atoms with Gasteiger partial charge >= 0.3 is 0 Å². The van der Waals surface area contributed by atoms with Gasteiger partial charge in [0.05, 0.1) is 6.10 Å². The van der Waals surface area contributed by atoms with Crippen molar-refractivity contribution in [3.8, 4) is 0 Å². The first kappa shape index (κ1) is 13.4. The van der Waals surface area contributed by atoms with E-state index in [-0.39, 0.29) is 6.10 Å². The van der Waals surface area contributed by atoms with Crippen LogP contribution in [0.1, 0.15) is 72.6 Å². The number of aliphatic hydroxyl groups excluding tert-OH is 1. The lowest BCUT2D eigenvalue weighted by Gasteiger charge is -2.55. The number of hydrogen-bond acceptors (Lipinski definition) is 1. The smallest absolute Gasteiger partial charge is 0.0568 e. The Bertz CT molecular complexity index is 275. The van der Waals surface area contributed by atoms with Gasteiger partial charge in [0.1, 0.15) is 0 Å². The third kappa shape index (κ3) is 2.41. The molecule has 2 fully saturated rings. The number of hydrogen-bond donors (Lipinski definition) is 1. The van der Waals surface area contributed by atoms with Crippen LogP contribution in [0.4, 0.5) is 0 Å². The predicted octanol–water partition coefficient (Wildman–Crippen LogP) is 4.39. The molecule has 17 heavy (non-hydrogen) atoms. The van der Waals surface area contributed by atoms with Crippen LogP contribution in [0.3, 0.4) is 0 Å². The Morgan fingerprint density at radius 3 is 2.53 bits per heavy atom. The van der Waals surface area contributed by atoms with Crippen molar-refractivity contribution < 1.29 is 5.11 Å². The first-order valence-electron chi connectivity index (χ1n) is 7.58. The maximum Gasteiger partial charge on any atom is 0.0568 e. The van der Waals surface area contributed by atoms with Crippen molar-refractivity contribution >= 4 is 0 Å². The maximum atomic E-state index is 10.1. The van der Waals surface area contributed by atoms with Crippen molar-refractivity contribution in [2.45, 2.75) is 78.7 Å². The normalized spacial score (nSPS) is 51.0. The minimum absolute atomic E-state index is 0.0383. The molecule has 0 spiro atoms. The second-order valence-electron chi connectivity index (χ2n) is 7.50. The average molecular weight is 238 g/mol. The Labute approximate surface area is 107 Å². The van der Waals surface area contributed by atoms with Crippen molar-refractivity contribution in [2.75, 3.05) is 0 Å². The molecular formula is C16H30O. The molecule has 2 aliphatic carbocycles. The zero-order valence-electron chi connectivity index (χ0n) is 12.1. The summed E-state index contributed by atoms with van der Waals surface area (Å²) in [5, 5.41) is 10.1. The average Bonchev–Trinajstić information content (AvgIpc) is 2.24. The molecule has 0 aromatic heterocycles. The first-order valence-corrected chi connectivity index (χ1v) is 7.58. The summed E-state index contributed by atoms with van der Waals surface area (Å²) in [5.74, 6) is 1.27. The highest BCUT2D eigenvalue weighted by Crippen LogP contribution is 2.58. The van der Waals surface area contributed by atoms with Crippen molar-refractivity contribution in [1.82, 2.24) is 0 Å². The largest absolute Gasteiger partial charge is 0.393 e. The molecule has 0 saturated heterocycles. The molecule has 0 bridgehead atoms. The summed E-state index contributed by atoms with van der Waals surface area (Å²) in [6, 6.07) is 0. The van der Waals surface area contributed by atoms with E-state index >= 15 is 0 Å². The third-order valence-electron chi connectivity index (χ3n) is 5.89. The molecule has 0 aromatic carbocycles. The molecule has 1 nitrogen and oxygen atoms in total. The van der Waals surface area contributed by atoms with Gasteiger partial charge in [-0.25, -0.2) is 0 Å². The minimum Gasteiger partial charge on any atom is -0.393 e. The third-order valence-corrected chi connectivity index (χ3v) is 5.89. The molecule has 5 unspecified atom stereocenters. The number of rotatable bonds is 2. The second kappa shape index (κ2) is 4.57. The van der Waals surface area contributed by atoms with Crippen molar-refractivity contribution in [1.29, 1.82) is 0 Å². The molecule has 0 heterocycles. The van der Waals surface area contributed by atoms with Crippen molar-refractivity contribution in [2.24, 2.45) is 22.7 Å². The van der Waals surface area contributed by atoms with Gasteiger partial charge in [0.2, 0.25) is 0 Å². The highest BCUT2D eigenvalue weighted by molar-refractivity contribution is 5.00. The van der Waals surface area contributed by atoms with Crippen LogP contribution in [-0.4, -0.2) is 11.2 Å². The molecule has 0 radical (unpaired) electrons. The lowest BCUT2D eigenvalue weighted by atomic mass is 9.50. The fraction of sp³-hybridized carbons (Fsp3) is 1.00. The van der Waals surface area contributed by atoms with Crippen LogP contribution in [-0.2, 0) is 0 Å². The Balaban J connectivity index is 2.13. The van der Waals surface area contributed by atoms with Gasteiger partial charge in [-0.3, -0.25) is 0 Å². The van der Waals surface area contributed by atoms with Crippen LogP contribution in [0.25, 0.3) is 0 Å². The Morgan fingerprint density at radius 2 is 1.88 bits per heavy atom. The van der Waals surface area contributed by atoms with Crippen LogP contribution in [0.5, 0.6) is 0 Å². The fourth-order valence-corrected chi connectivity index (χ4v) is 5.04. The maximum absolute atomic E-state index is 10.1. The number of aliphatic hydroxyl groups is 1. The lowest BCUT2D eigenvalue weighted by molar-refractivity contribution is -0.0884. The summed E-state index contributed by atoms with van der Waals surface area (Å²) in [4.78, 5) is 0. The standard InChI is InChI=1S/C16H30O/c1-5-8-15(3)9-6-13-12(2)14(17)7-10-16(13,4)11-15/h12-14,17H,5-11H2,1-4H3. The van der Waals surface area contributed by atoms with Crippen LogP contribution >= 0.6 is 0 Å². The molecule has 5 atom stereocenters. The summed E-state index contributed by atoms with van der Waals surface area (Å²) < 4.78 is 0. The zero-order valence-corrected chi connectivity index (χ0v) is 12.1. The molecule has 1 heteroatoms. The van der Waals surface area contributed by atoms with Gasteiger partial charge < -0.3 is 5.11 Å². The van der Waals surface area contributed by atoms with E-state index in [1.807, 2.05) is 0 Å².